The Labute approximate surface area is 167 Å². The van der Waals surface area contributed by atoms with E-state index in [2.05, 4.69) is 79.8 Å². The summed E-state index contributed by atoms with van der Waals surface area (Å²) in [5.74, 6) is 0.824. The second kappa shape index (κ2) is 9.85. The number of rotatable bonds is 8. The first-order valence-corrected chi connectivity index (χ1v) is 10.4. The maximum Gasteiger partial charge on any atom is 0.191 e. The van der Waals surface area contributed by atoms with Crippen molar-refractivity contribution >= 4 is 17.3 Å². The van der Waals surface area contributed by atoms with E-state index in [9.17, 15) is 0 Å². The van der Waals surface area contributed by atoms with Crippen molar-refractivity contribution in [2.24, 2.45) is 4.99 Å². The van der Waals surface area contributed by atoms with Gasteiger partial charge in [-0.05, 0) is 47.1 Å². The van der Waals surface area contributed by atoms with Gasteiger partial charge in [0.25, 0.3) is 0 Å². The molecule has 0 radical (unpaired) electrons. The van der Waals surface area contributed by atoms with Crippen molar-refractivity contribution in [3.63, 3.8) is 0 Å². The highest BCUT2D eigenvalue weighted by atomic mass is 32.1. The van der Waals surface area contributed by atoms with Gasteiger partial charge in [0, 0.05) is 29.5 Å². The topological polar surface area (TPSA) is 61.3 Å². The fourth-order valence-corrected chi connectivity index (χ4v) is 3.72. The van der Waals surface area contributed by atoms with Gasteiger partial charge in [0.1, 0.15) is 5.01 Å². The third-order valence-electron chi connectivity index (χ3n) is 4.39. The Balaban J connectivity index is 1.93. The van der Waals surface area contributed by atoms with Gasteiger partial charge in [-0.1, -0.05) is 30.3 Å². The van der Waals surface area contributed by atoms with Crippen LogP contribution in [0.5, 0.6) is 0 Å². The molecule has 0 fully saturated rings. The van der Waals surface area contributed by atoms with Crippen LogP contribution in [0.1, 0.15) is 54.9 Å². The van der Waals surface area contributed by atoms with Crippen molar-refractivity contribution in [1.82, 2.24) is 20.9 Å². The summed E-state index contributed by atoms with van der Waals surface area (Å²) < 4.78 is 0. The molecular weight excluding hydrogens is 354 g/mol. The van der Waals surface area contributed by atoms with Gasteiger partial charge >= 0.3 is 0 Å². The predicted octanol–water partition coefficient (Wildman–Crippen LogP) is 3.94. The first-order valence-electron chi connectivity index (χ1n) is 9.58. The number of guanidine groups is 1. The molecule has 2 aromatic rings. The Kier molecular flexibility index (Phi) is 7.80. The molecule has 3 N–H and O–H groups in total. The molecule has 2 rings (SSSR count). The summed E-state index contributed by atoms with van der Waals surface area (Å²) in [6.45, 7) is 15.0. The Bertz CT molecular complexity index is 717. The minimum atomic E-state index is -0.0835. The van der Waals surface area contributed by atoms with E-state index < -0.39 is 0 Å². The lowest BCUT2D eigenvalue weighted by atomic mass is 10.0. The zero-order valence-electron chi connectivity index (χ0n) is 17.4. The van der Waals surface area contributed by atoms with Crippen LogP contribution < -0.4 is 16.0 Å². The van der Waals surface area contributed by atoms with E-state index in [4.69, 9.17) is 4.99 Å². The third-order valence-corrected chi connectivity index (χ3v) is 5.45. The molecule has 1 unspecified atom stereocenters. The van der Waals surface area contributed by atoms with Crippen LogP contribution in [-0.4, -0.2) is 29.6 Å². The molecule has 0 saturated carbocycles. The number of thiazole rings is 1. The highest BCUT2D eigenvalue weighted by Gasteiger charge is 2.21. The van der Waals surface area contributed by atoms with Crippen LogP contribution in [0.15, 0.2) is 35.3 Å². The normalized spacial score (nSPS) is 13.5. The van der Waals surface area contributed by atoms with Gasteiger partial charge in [-0.3, -0.25) is 0 Å². The summed E-state index contributed by atoms with van der Waals surface area (Å²) >= 11 is 1.72. The molecule has 1 heterocycles. The second-order valence-electron chi connectivity index (χ2n) is 7.46. The van der Waals surface area contributed by atoms with Gasteiger partial charge in [0.2, 0.25) is 0 Å². The molecule has 0 aliphatic heterocycles. The van der Waals surface area contributed by atoms with E-state index in [0.717, 1.165) is 29.8 Å². The number of benzene rings is 1. The lowest BCUT2D eigenvalue weighted by molar-refractivity contribution is 0.345. The van der Waals surface area contributed by atoms with Gasteiger partial charge in [-0.25, -0.2) is 9.98 Å². The minimum absolute atomic E-state index is 0.0835. The van der Waals surface area contributed by atoms with Crippen LogP contribution in [0.2, 0.25) is 0 Å². The zero-order valence-corrected chi connectivity index (χ0v) is 18.2. The monoisotopic (exact) mass is 387 g/mol. The maximum atomic E-state index is 4.69. The molecule has 1 aromatic heterocycles. The lowest BCUT2D eigenvalue weighted by Crippen LogP contribution is -2.52. The number of aryl methyl sites for hydroxylation is 2. The fraction of sp³-hybridized carbons (Fsp3) is 0.524. The molecule has 1 aromatic carbocycles. The van der Waals surface area contributed by atoms with Gasteiger partial charge in [-0.15, -0.1) is 11.3 Å². The Hall–Kier alpha value is -1.92. The van der Waals surface area contributed by atoms with Crippen LogP contribution in [0, 0.1) is 13.8 Å². The summed E-state index contributed by atoms with van der Waals surface area (Å²) in [5, 5.41) is 11.5. The summed E-state index contributed by atoms with van der Waals surface area (Å²) in [7, 11) is 0. The Morgan fingerprint density at radius 3 is 2.48 bits per heavy atom. The van der Waals surface area contributed by atoms with Crippen molar-refractivity contribution in [1.29, 1.82) is 0 Å². The molecular formula is C21H33N5S. The quantitative estimate of drug-likeness (QED) is 0.474. The van der Waals surface area contributed by atoms with Crippen molar-refractivity contribution in [3.05, 3.63) is 51.5 Å². The van der Waals surface area contributed by atoms with Crippen LogP contribution in [0.25, 0.3) is 0 Å². The highest BCUT2D eigenvalue weighted by Crippen LogP contribution is 2.17. The standard InChI is InChI=1S/C21H33N5S/c1-7-22-20(23-13-19-25-15(2)17(4)27-19)24-14-21(5,6)26-16(3)18-11-9-8-10-12-18/h8-12,16,26H,7,13-14H2,1-6H3,(H2,22,23,24). The molecule has 6 heteroatoms. The molecule has 5 nitrogen and oxygen atoms in total. The maximum absolute atomic E-state index is 4.69. The number of aromatic nitrogens is 1. The zero-order chi connectivity index (χ0) is 19.9. The minimum Gasteiger partial charge on any atom is -0.357 e. The number of hydrogen-bond donors (Lipinski definition) is 3. The molecule has 148 valence electrons. The summed E-state index contributed by atoms with van der Waals surface area (Å²) in [6.07, 6.45) is 0. The lowest BCUT2D eigenvalue weighted by Gasteiger charge is -2.31. The van der Waals surface area contributed by atoms with E-state index in [1.54, 1.807) is 11.3 Å². The molecule has 0 amide bonds. The van der Waals surface area contributed by atoms with Gasteiger partial charge in [-0.2, -0.15) is 0 Å². The number of nitrogens with zero attached hydrogens (tertiary/aromatic N) is 2. The molecule has 1 atom stereocenters. The van der Waals surface area contributed by atoms with E-state index in [-0.39, 0.29) is 11.6 Å². The second-order valence-corrected chi connectivity index (χ2v) is 8.75. The summed E-state index contributed by atoms with van der Waals surface area (Å²) in [5.41, 5.74) is 2.31. The van der Waals surface area contributed by atoms with Gasteiger partial charge in [0.05, 0.1) is 12.2 Å². The number of nitrogens with one attached hydrogen (secondary N) is 3. The van der Waals surface area contributed by atoms with Crippen molar-refractivity contribution < 1.29 is 0 Å². The van der Waals surface area contributed by atoms with Crippen molar-refractivity contribution in [2.45, 2.75) is 59.7 Å². The van der Waals surface area contributed by atoms with Crippen molar-refractivity contribution in [3.8, 4) is 0 Å². The van der Waals surface area contributed by atoms with Gasteiger partial charge in [0.15, 0.2) is 5.96 Å². The molecule has 0 aliphatic rings. The first-order chi connectivity index (χ1) is 12.8. The summed E-state index contributed by atoms with van der Waals surface area (Å²) in [4.78, 5) is 10.5. The Morgan fingerprint density at radius 2 is 1.89 bits per heavy atom. The first kappa shape index (κ1) is 21.4. The Morgan fingerprint density at radius 1 is 1.19 bits per heavy atom. The number of hydrogen-bond acceptors (Lipinski definition) is 4. The molecule has 0 spiro atoms. The van der Waals surface area contributed by atoms with E-state index in [1.807, 2.05) is 13.0 Å². The highest BCUT2D eigenvalue weighted by molar-refractivity contribution is 7.11. The van der Waals surface area contributed by atoms with Crippen LogP contribution in [-0.2, 0) is 6.54 Å². The largest absolute Gasteiger partial charge is 0.357 e. The number of aliphatic imine (C=N–C) groups is 1. The van der Waals surface area contributed by atoms with Gasteiger partial charge < -0.3 is 16.0 Å². The van der Waals surface area contributed by atoms with Crippen LogP contribution >= 0.6 is 11.3 Å². The third kappa shape index (κ3) is 6.96. The fourth-order valence-electron chi connectivity index (χ4n) is 2.86. The molecule has 0 bridgehead atoms. The molecule has 0 saturated heterocycles. The summed E-state index contributed by atoms with van der Waals surface area (Å²) in [6, 6.07) is 10.8. The average Bonchev–Trinajstić information content (AvgIpc) is 2.95. The predicted molar refractivity (Wildman–Crippen MR) is 116 cm³/mol. The molecule has 27 heavy (non-hydrogen) atoms. The van der Waals surface area contributed by atoms with Crippen LogP contribution in [0.4, 0.5) is 0 Å². The van der Waals surface area contributed by atoms with E-state index >= 15 is 0 Å². The SMILES string of the molecule is CCNC(=NCc1nc(C)c(C)s1)NCC(C)(C)NC(C)c1ccccc1. The van der Waals surface area contributed by atoms with E-state index in [1.165, 1.54) is 10.4 Å². The average molecular weight is 388 g/mol. The smallest absolute Gasteiger partial charge is 0.191 e. The van der Waals surface area contributed by atoms with E-state index in [0.29, 0.717) is 6.54 Å². The van der Waals surface area contributed by atoms with Crippen LogP contribution in [0.3, 0.4) is 0 Å². The molecule has 0 aliphatic carbocycles. The van der Waals surface area contributed by atoms with Crippen molar-refractivity contribution in [2.75, 3.05) is 13.1 Å².